The first kappa shape index (κ1) is 15.2. The van der Waals surface area contributed by atoms with E-state index in [1.807, 2.05) is 42.5 Å². The molecule has 23 heavy (non-hydrogen) atoms. The zero-order chi connectivity index (χ0) is 16.1. The van der Waals surface area contributed by atoms with Gasteiger partial charge in [-0.15, -0.1) is 0 Å². The summed E-state index contributed by atoms with van der Waals surface area (Å²) in [5.41, 5.74) is 1.76. The summed E-state index contributed by atoms with van der Waals surface area (Å²) in [5.74, 6) is 1.96. The van der Waals surface area contributed by atoms with Gasteiger partial charge in [-0.1, -0.05) is 29.8 Å². The molecule has 3 aromatic rings. The molecule has 2 heterocycles. The van der Waals surface area contributed by atoms with Crippen LogP contribution in [0.4, 0.5) is 5.82 Å². The van der Waals surface area contributed by atoms with Crippen molar-refractivity contribution in [3.05, 3.63) is 65.4 Å². The summed E-state index contributed by atoms with van der Waals surface area (Å²) in [7, 11) is 1.65. The van der Waals surface area contributed by atoms with Crippen LogP contribution < -0.4 is 10.1 Å². The molecular weight excluding hydrogens is 312 g/mol. The van der Waals surface area contributed by atoms with E-state index in [0.717, 1.165) is 11.3 Å². The first-order chi connectivity index (χ1) is 11.2. The van der Waals surface area contributed by atoms with Crippen LogP contribution in [0.5, 0.6) is 5.75 Å². The van der Waals surface area contributed by atoms with Crippen LogP contribution in [0.2, 0.25) is 5.15 Å². The van der Waals surface area contributed by atoms with Gasteiger partial charge in [0.2, 0.25) is 0 Å². The van der Waals surface area contributed by atoms with E-state index in [4.69, 9.17) is 16.3 Å². The van der Waals surface area contributed by atoms with Crippen molar-refractivity contribution >= 4 is 17.4 Å². The Hall–Kier alpha value is -2.66. The molecule has 0 spiro atoms. The Kier molecular flexibility index (Phi) is 4.68. The average molecular weight is 327 g/mol. The summed E-state index contributed by atoms with van der Waals surface area (Å²) < 4.78 is 5.22. The van der Waals surface area contributed by atoms with Crippen molar-refractivity contribution in [2.75, 3.05) is 12.4 Å². The highest BCUT2D eigenvalue weighted by Gasteiger charge is 2.07. The van der Waals surface area contributed by atoms with Gasteiger partial charge in [0.1, 0.15) is 22.4 Å². The van der Waals surface area contributed by atoms with Gasteiger partial charge in [-0.3, -0.25) is 4.98 Å². The first-order valence-corrected chi connectivity index (χ1v) is 7.45. The minimum Gasteiger partial charge on any atom is -0.497 e. The molecule has 6 heteroatoms. The highest BCUT2D eigenvalue weighted by Crippen LogP contribution is 2.19. The van der Waals surface area contributed by atoms with Crippen LogP contribution in [0.25, 0.3) is 11.5 Å². The highest BCUT2D eigenvalue weighted by molar-refractivity contribution is 6.29. The smallest absolute Gasteiger partial charge is 0.181 e. The molecule has 0 atom stereocenters. The van der Waals surface area contributed by atoms with Crippen LogP contribution >= 0.6 is 11.6 Å². The number of methoxy groups -OCH3 is 1. The monoisotopic (exact) mass is 326 g/mol. The lowest BCUT2D eigenvalue weighted by molar-refractivity contribution is 0.414. The Morgan fingerprint density at radius 2 is 2.00 bits per heavy atom. The maximum Gasteiger partial charge on any atom is 0.181 e. The third-order valence-corrected chi connectivity index (χ3v) is 3.39. The van der Waals surface area contributed by atoms with Crippen molar-refractivity contribution in [2.45, 2.75) is 6.54 Å². The zero-order valence-electron chi connectivity index (χ0n) is 12.5. The maximum absolute atomic E-state index is 6.09. The highest BCUT2D eigenvalue weighted by atomic mass is 35.5. The predicted octanol–water partition coefficient (Wildman–Crippen LogP) is 3.81. The van der Waals surface area contributed by atoms with Crippen LogP contribution in [0, 0.1) is 0 Å². The zero-order valence-corrected chi connectivity index (χ0v) is 13.3. The van der Waals surface area contributed by atoms with Crippen molar-refractivity contribution in [3.63, 3.8) is 0 Å². The van der Waals surface area contributed by atoms with Crippen molar-refractivity contribution in [1.29, 1.82) is 0 Å². The van der Waals surface area contributed by atoms with Gasteiger partial charge in [-0.25, -0.2) is 9.97 Å². The molecule has 0 fully saturated rings. The van der Waals surface area contributed by atoms with Gasteiger partial charge < -0.3 is 10.1 Å². The van der Waals surface area contributed by atoms with E-state index in [2.05, 4.69) is 20.3 Å². The standard InChI is InChI=1S/C17H15ClN4O/c1-23-13-6-4-5-12(9-13)11-20-16-10-15(18)21-17(22-16)14-7-2-3-8-19-14/h2-10H,11H2,1H3,(H,20,21,22). The first-order valence-electron chi connectivity index (χ1n) is 7.07. The van der Waals surface area contributed by atoms with Crippen LogP contribution in [0.1, 0.15) is 5.56 Å². The molecule has 0 aliphatic rings. The summed E-state index contributed by atoms with van der Waals surface area (Å²) in [6.45, 7) is 0.603. The number of hydrogen-bond acceptors (Lipinski definition) is 5. The van der Waals surface area contributed by atoms with E-state index >= 15 is 0 Å². The molecule has 1 aromatic carbocycles. The maximum atomic E-state index is 6.09. The number of nitrogens with zero attached hydrogens (tertiary/aromatic N) is 3. The molecule has 0 saturated heterocycles. The van der Waals surface area contributed by atoms with Crippen molar-refractivity contribution in [2.24, 2.45) is 0 Å². The van der Waals surface area contributed by atoms with Gasteiger partial charge >= 0.3 is 0 Å². The number of anilines is 1. The second-order valence-electron chi connectivity index (χ2n) is 4.82. The molecular formula is C17H15ClN4O. The number of nitrogens with one attached hydrogen (secondary N) is 1. The van der Waals surface area contributed by atoms with Gasteiger partial charge in [-0.05, 0) is 29.8 Å². The van der Waals surface area contributed by atoms with Gasteiger partial charge in [0.05, 0.1) is 7.11 Å². The molecule has 116 valence electrons. The van der Waals surface area contributed by atoms with Gasteiger partial charge in [0.25, 0.3) is 0 Å². The minimum absolute atomic E-state index is 0.369. The van der Waals surface area contributed by atoms with E-state index < -0.39 is 0 Å². The third-order valence-electron chi connectivity index (χ3n) is 3.20. The lowest BCUT2D eigenvalue weighted by Crippen LogP contribution is -2.03. The molecule has 0 aliphatic heterocycles. The lowest BCUT2D eigenvalue weighted by Gasteiger charge is -2.09. The second-order valence-corrected chi connectivity index (χ2v) is 5.21. The van der Waals surface area contributed by atoms with Crippen molar-refractivity contribution in [3.8, 4) is 17.3 Å². The topological polar surface area (TPSA) is 59.9 Å². The fourth-order valence-electron chi connectivity index (χ4n) is 2.09. The largest absolute Gasteiger partial charge is 0.497 e. The van der Waals surface area contributed by atoms with E-state index in [9.17, 15) is 0 Å². The van der Waals surface area contributed by atoms with E-state index in [1.165, 1.54) is 0 Å². The van der Waals surface area contributed by atoms with E-state index in [1.54, 1.807) is 19.4 Å². The third kappa shape index (κ3) is 3.96. The molecule has 0 aliphatic carbocycles. The molecule has 5 nitrogen and oxygen atoms in total. The minimum atomic E-state index is 0.369. The number of aromatic nitrogens is 3. The molecule has 2 aromatic heterocycles. The fourth-order valence-corrected chi connectivity index (χ4v) is 2.28. The summed E-state index contributed by atoms with van der Waals surface area (Å²) in [5, 5.41) is 3.61. The molecule has 0 saturated carbocycles. The quantitative estimate of drug-likeness (QED) is 0.722. The van der Waals surface area contributed by atoms with Gasteiger partial charge in [0.15, 0.2) is 5.82 Å². The Bertz CT molecular complexity index is 796. The van der Waals surface area contributed by atoms with Crippen LogP contribution in [-0.4, -0.2) is 22.1 Å². The second kappa shape index (κ2) is 7.07. The van der Waals surface area contributed by atoms with Crippen molar-refractivity contribution in [1.82, 2.24) is 15.0 Å². The number of pyridine rings is 1. The molecule has 3 rings (SSSR count). The SMILES string of the molecule is COc1cccc(CNc2cc(Cl)nc(-c3ccccn3)n2)c1. The Morgan fingerprint density at radius 1 is 1.09 bits per heavy atom. The van der Waals surface area contributed by atoms with Gasteiger partial charge in [-0.2, -0.15) is 0 Å². The number of hydrogen-bond donors (Lipinski definition) is 1. The summed E-state index contributed by atoms with van der Waals surface area (Å²) in [6, 6.07) is 15.1. The normalized spacial score (nSPS) is 10.3. The Balaban J connectivity index is 1.79. The number of benzene rings is 1. The van der Waals surface area contributed by atoms with Crippen LogP contribution in [0.15, 0.2) is 54.7 Å². The summed E-state index contributed by atoms with van der Waals surface area (Å²) in [6.07, 6.45) is 1.70. The Morgan fingerprint density at radius 3 is 2.78 bits per heavy atom. The summed E-state index contributed by atoms with van der Waals surface area (Å²) in [4.78, 5) is 12.9. The predicted molar refractivity (Wildman–Crippen MR) is 90.6 cm³/mol. The van der Waals surface area contributed by atoms with Crippen LogP contribution in [0.3, 0.4) is 0 Å². The molecule has 0 bridgehead atoms. The average Bonchev–Trinajstić information content (AvgIpc) is 2.60. The lowest BCUT2D eigenvalue weighted by atomic mass is 10.2. The van der Waals surface area contributed by atoms with E-state index in [0.29, 0.717) is 29.0 Å². The number of rotatable bonds is 5. The molecule has 0 radical (unpaired) electrons. The van der Waals surface area contributed by atoms with E-state index in [-0.39, 0.29) is 0 Å². The number of ether oxygens (including phenoxy) is 1. The molecule has 1 N–H and O–H groups in total. The molecule has 0 unspecified atom stereocenters. The Labute approximate surface area is 139 Å². The number of halogens is 1. The molecule has 0 amide bonds. The fraction of sp³-hybridized carbons (Fsp3) is 0.118. The van der Waals surface area contributed by atoms with Crippen molar-refractivity contribution < 1.29 is 4.74 Å². The summed E-state index contributed by atoms with van der Waals surface area (Å²) >= 11 is 6.09. The van der Waals surface area contributed by atoms with Crippen LogP contribution in [-0.2, 0) is 6.54 Å². The van der Waals surface area contributed by atoms with Gasteiger partial charge in [0, 0.05) is 18.8 Å².